The lowest BCUT2D eigenvalue weighted by Gasteiger charge is -2.31. The average Bonchev–Trinajstić information content (AvgIpc) is 2.97. The van der Waals surface area contributed by atoms with Gasteiger partial charge in [0.2, 0.25) is 7.29 Å². The average molecular weight is 502 g/mol. The quantitative estimate of drug-likeness (QED) is 0.122. The maximum absolute atomic E-state index is 15.5. The van der Waals surface area contributed by atoms with E-state index in [0.717, 1.165) is 27.8 Å². The normalized spacial score (nSPS) is 13.8. The van der Waals surface area contributed by atoms with Gasteiger partial charge in [-0.2, -0.15) is 5.10 Å². The van der Waals surface area contributed by atoms with E-state index in [4.69, 9.17) is 5.10 Å². The van der Waals surface area contributed by atoms with Gasteiger partial charge in [0.1, 0.15) is 5.66 Å². The fourth-order valence-corrected chi connectivity index (χ4v) is 7.18. The Hall–Kier alpha value is -4.40. The topological polar surface area (TPSA) is 53.5 Å². The van der Waals surface area contributed by atoms with Gasteiger partial charge in [-0.05, 0) is 47.5 Å². The molecule has 0 amide bonds. The SMILES string of the molecule is O=[P@@](Nc1ccccc1)(c1ccccc1)[C@H](/C(=N\Nc1ccccc1)c1ccccc1)c1ccccc1. The highest BCUT2D eigenvalue weighted by Crippen LogP contribution is 2.59. The van der Waals surface area contributed by atoms with Crippen molar-refractivity contribution in [1.29, 1.82) is 0 Å². The predicted octanol–water partition coefficient (Wildman–Crippen LogP) is 7.96. The molecule has 0 radical (unpaired) electrons. The number of hydrogen-bond acceptors (Lipinski definition) is 3. The summed E-state index contributed by atoms with van der Waals surface area (Å²) in [5.74, 6) is 0. The van der Waals surface area contributed by atoms with Gasteiger partial charge in [0.15, 0.2) is 0 Å². The number of nitrogens with one attached hydrogen (secondary N) is 2. The van der Waals surface area contributed by atoms with Crippen molar-refractivity contribution in [2.45, 2.75) is 5.66 Å². The minimum absolute atomic E-state index is 0.574. The van der Waals surface area contributed by atoms with Crippen molar-refractivity contribution < 1.29 is 4.57 Å². The Morgan fingerprint density at radius 2 is 1.03 bits per heavy atom. The molecule has 0 saturated carbocycles. The van der Waals surface area contributed by atoms with Gasteiger partial charge in [-0.3, -0.25) is 9.99 Å². The molecule has 5 aromatic rings. The highest BCUT2D eigenvalue weighted by Gasteiger charge is 2.40. The number of rotatable bonds is 9. The third-order valence-electron chi connectivity index (χ3n) is 6.10. The summed E-state index contributed by atoms with van der Waals surface area (Å²) in [6.07, 6.45) is 0. The van der Waals surface area contributed by atoms with Gasteiger partial charge in [0.25, 0.3) is 0 Å². The van der Waals surface area contributed by atoms with Crippen LogP contribution in [-0.2, 0) is 4.57 Å². The van der Waals surface area contributed by atoms with Gasteiger partial charge in [-0.25, -0.2) is 0 Å². The number of hydrazone groups is 1. The van der Waals surface area contributed by atoms with Crippen molar-refractivity contribution in [2.75, 3.05) is 10.5 Å². The predicted molar refractivity (Wildman–Crippen MR) is 156 cm³/mol. The third kappa shape index (κ3) is 5.72. The molecule has 5 aromatic carbocycles. The minimum Gasteiger partial charge on any atom is -0.332 e. The summed E-state index contributed by atoms with van der Waals surface area (Å²) in [7, 11) is -3.39. The second-order valence-corrected chi connectivity index (χ2v) is 11.2. The van der Waals surface area contributed by atoms with Crippen LogP contribution in [0.1, 0.15) is 16.8 Å². The summed E-state index contributed by atoms with van der Waals surface area (Å²) in [5, 5.41) is 9.13. The molecular formula is C32H28N3OP. The zero-order chi connectivity index (χ0) is 25.3. The van der Waals surface area contributed by atoms with Crippen LogP contribution in [0.3, 0.4) is 0 Å². The zero-order valence-corrected chi connectivity index (χ0v) is 21.2. The van der Waals surface area contributed by atoms with Gasteiger partial charge >= 0.3 is 0 Å². The van der Waals surface area contributed by atoms with Crippen LogP contribution < -0.4 is 15.8 Å². The maximum atomic E-state index is 15.5. The summed E-state index contributed by atoms with van der Waals surface area (Å²) in [4.78, 5) is 0. The lowest BCUT2D eigenvalue weighted by molar-refractivity contribution is 0.582. The first-order chi connectivity index (χ1) is 18.2. The van der Waals surface area contributed by atoms with Crippen LogP contribution in [0.15, 0.2) is 157 Å². The fourth-order valence-electron chi connectivity index (χ4n) is 4.34. The first-order valence-electron chi connectivity index (χ1n) is 12.2. The Bertz CT molecular complexity index is 1480. The molecule has 0 heterocycles. The van der Waals surface area contributed by atoms with Gasteiger partial charge < -0.3 is 5.09 Å². The summed E-state index contributed by atoms with van der Waals surface area (Å²) in [5.41, 5.74) is 6.78. The Morgan fingerprint density at radius 3 is 1.59 bits per heavy atom. The maximum Gasteiger partial charge on any atom is 0.211 e. The lowest BCUT2D eigenvalue weighted by atomic mass is 10.0. The monoisotopic (exact) mass is 501 g/mol. The Morgan fingerprint density at radius 1 is 0.568 bits per heavy atom. The molecule has 2 N–H and O–H groups in total. The third-order valence-corrected chi connectivity index (χ3v) is 9.02. The molecular weight excluding hydrogens is 473 g/mol. The van der Waals surface area contributed by atoms with Crippen LogP contribution in [0.4, 0.5) is 11.4 Å². The smallest absolute Gasteiger partial charge is 0.211 e. The number of hydrogen-bond donors (Lipinski definition) is 2. The van der Waals surface area contributed by atoms with E-state index in [2.05, 4.69) is 10.5 Å². The molecule has 5 heteroatoms. The zero-order valence-electron chi connectivity index (χ0n) is 20.3. The number of para-hydroxylation sites is 2. The van der Waals surface area contributed by atoms with Gasteiger partial charge in [0, 0.05) is 11.0 Å². The van der Waals surface area contributed by atoms with E-state index in [1.165, 1.54) is 0 Å². The summed E-state index contributed by atoms with van der Waals surface area (Å²) < 4.78 is 15.5. The van der Waals surface area contributed by atoms with Gasteiger partial charge in [-0.15, -0.1) is 0 Å². The highest BCUT2D eigenvalue weighted by atomic mass is 31.2. The van der Waals surface area contributed by atoms with E-state index in [1.54, 1.807) is 0 Å². The molecule has 4 nitrogen and oxygen atoms in total. The molecule has 0 unspecified atom stereocenters. The van der Waals surface area contributed by atoms with Crippen LogP contribution in [0.2, 0.25) is 0 Å². The van der Waals surface area contributed by atoms with Crippen molar-refractivity contribution in [3.05, 3.63) is 163 Å². The Kier molecular flexibility index (Phi) is 7.59. The van der Waals surface area contributed by atoms with Crippen LogP contribution in [0.25, 0.3) is 0 Å². The molecule has 0 saturated heterocycles. The molecule has 0 fully saturated rings. The summed E-state index contributed by atoms with van der Waals surface area (Å²) in [6, 6.07) is 49.1. The van der Waals surface area contributed by atoms with E-state index in [9.17, 15) is 0 Å². The van der Waals surface area contributed by atoms with E-state index >= 15 is 4.57 Å². The lowest BCUT2D eigenvalue weighted by Crippen LogP contribution is -2.25. The van der Waals surface area contributed by atoms with Crippen LogP contribution in [0.5, 0.6) is 0 Å². The molecule has 5 rings (SSSR count). The van der Waals surface area contributed by atoms with Crippen molar-refractivity contribution in [1.82, 2.24) is 0 Å². The Balaban J connectivity index is 1.74. The molecule has 182 valence electrons. The molecule has 0 aromatic heterocycles. The highest BCUT2D eigenvalue weighted by molar-refractivity contribution is 7.74. The Labute approximate surface area is 218 Å². The molecule has 0 aliphatic heterocycles. The van der Waals surface area contributed by atoms with Crippen molar-refractivity contribution in [3.8, 4) is 0 Å². The second-order valence-electron chi connectivity index (χ2n) is 8.63. The molecule has 0 aliphatic carbocycles. The first-order valence-corrected chi connectivity index (χ1v) is 14.0. The van der Waals surface area contributed by atoms with Crippen molar-refractivity contribution >= 4 is 29.7 Å². The number of anilines is 2. The van der Waals surface area contributed by atoms with E-state index < -0.39 is 13.0 Å². The van der Waals surface area contributed by atoms with Crippen LogP contribution in [0, 0.1) is 0 Å². The van der Waals surface area contributed by atoms with Gasteiger partial charge in [0.05, 0.1) is 11.4 Å². The number of benzene rings is 5. The van der Waals surface area contributed by atoms with Gasteiger partial charge in [-0.1, -0.05) is 115 Å². The van der Waals surface area contributed by atoms with Crippen LogP contribution in [-0.4, -0.2) is 5.71 Å². The van der Waals surface area contributed by atoms with Crippen molar-refractivity contribution in [3.63, 3.8) is 0 Å². The second kappa shape index (κ2) is 11.6. The molecule has 0 aliphatic rings. The number of nitrogens with zero attached hydrogens (tertiary/aromatic N) is 1. The largest absolute Gasteiger partial charge is 0.332 e. The van der Waals surface area contributed by atoms with E-state index in [1.807, 2.05) is 152 Å². The van der Waals surface area contributed by atoms with E-state index in [-0.39, 0.29) is 0 Å². The van der Waals surface area contributed by atoms with E-state index in [0.29, 0.717) is 5.71 Å². The molecule has 2 atom stereocenters. The van der Waals surface area contributed by atoms with Crippen molar-refractivity contribution in [2.24, 2.45) is 5.10 Å². The minimum atomic E-state index is -3.39. The standard InChI is InChI=1S/C32H28N3OP/c36-37(30-24-14-5-15-25-30,35-29-22-12-4-13-23-29)32(27-18-8-2-9-19-27)31(26-16-6-1-7-17-26)34-33-28-20-10-3-11-21-28/h1-25,32-33H,(H,35,36)/b34-31-/t32-,37-/m0/s1. The van der Waals surface area contributed by atoms with Crippen LogP contribution >= 0.6 is 7.29 Å². The molecule has 0 spiro atoms. The summed E-state index contributed by atoms with van der Waals surface area (Å²) in [6.45, 7) is 0. The molecule has 0 bridgehead atoms. The summed E-state index contributed by atoms with van der Waals surface area (Å²) >= 11 is 0. The molecule has 37 heavy (non-hydrogen) atoms. The fraction of sp³-hybridized carbons (Fsp3) is 0.0312. The first kappa shape index (κ1) is 24.3.